The predicted molar refractivity (Wildman–Crippen MR) is 143 cm³/mol. The third-order valence-corrected chi connectivity index (χ3v) is 8.81. The van der Waals surface area contributed by atoms with E-state index < -0.39 is 5.91 Å². The highest BCUT2D eigenvalue weighted by Crippen LogP contribution is 2.40. The molecule has 194 valence electrons. The summed E-state index contributed by atoms with van der Waals surface area (Å²) >= 11 is 0. The first-order chi connectivity index (χ1) is 17.1. The van der Waals surface area contributed by atoms with Gasteiger partial charge in [-0.2, -0.15) is 0 Å². The number of benzene rings is 2. The number of piperidine rings is 1. The third kappa shape index (κ3) is 5.65. The van der Waals surface area contributed by atoms with Gasteiger partial charge in [-0.05, 0) is 83.5 Å². The van der Waals surface area contributed by atoms with Crippen LogP contribution in [0, 0.1) is 17.8 Å². The van der Waals surface area contributed by atoms with Crippen molar-refractivity contribution in [1.29, 1.82) is 0 Å². The molecule has 2 aliphatic heterocycles. The molecule has 0 unspecified atom stereocenters. The number of primary amides is 1. The van der Waals surface area contributed by atoms with Gasteiger partial charge in [0.05, 0.1) is 6.04 Å². The zero-order valence-corrected chi connectivity index (χ0v) is 22.1. The van der Waals surface area contributed by atoms with Gasteiger partial charge in [-0.15, -0.1) is 0 Å². The number of hydrogen-bond acceptors (Lipinski definition) is 5. The van der Waals surface area contributed by atoms with Crippen molar-refractivity contribution in [1.82, 2.24) is 10.2 Å². The smallest absolute Gasteiger partial charge is 0.248 e. The highest BCUT2D eigenvalue weighted by atomic mass is 16.3. The van der Waals surface area contributed by atoms with E-state index in [2.05, 4.69) is 44.0 Å². The lowest BCUT2D eigenvalue weighted by molar-refractivity contribution is -0.122. The highest BCUT2D eigenvalue weighted by Gasteiger charge is 2.39. The number of carbonyl (C=O) groups is 2. The first-order valence-electron chi connectivity index (χ1n) is 13.3. The highest BCUT2D eigenvalue weighted by molar-refractivity contribution is 5.93. The molecule has 0 saturated carbocycles. The van der Waals surface area contributed by atoms with Crippen LogP contribution in [0.3, 0.4) is 0 Å². The first kappa shape index (κ1) is 26.4. The number of rotatable bonds is 8. The SMILES string of the molecule is CC(C)[C@H](CC(=O)[C@H]1Cc2ccc(C(N)=O)cc2CN1)CN1CC[C@@](C)(c2cccc(O)c2)[C@@H](C)C1. The summed E-state index contributed by atoms with van der Waals surface area (Å²) in [7, 11) is 0. The molecule has 0 bridgehead atoms. The molecular weight excluding hydrogens is 450 g/mol. The molecule has 2 aliphatic rings. The maximum Gasteiger partial charge on any atom is 0.248 e. The summed E-state index contributed by atoms with van der Waals surface area (Å²) in [6.45, 7) is 12.5. The van der Waals surface area contributed by atoms with E-state index >= 15 is 0 Å². The molecule has 1 saturated heterocycles. The molecule has 2 aromatic rings. The minimum absolute atomic E-state index is 0.0339. The number of nitrogens with two attached hydrogens (primary N) is 1. The van der Waals surface area contributed by atoms with Gasteiger partial charge in [-0.3, -0.25) is 9.59 Å². The van der Waals surface area contributed by atoms with E-state index in [1.807, 2.05) is 24.3 Å². The standard InChI is InChI=1S/C30H41N3O3/c1-19(2)24(14-28(35)27-13-21-8-9-22(29(31)36)12-23(21)16-32-27)18-33-11-10-30(4,20(3)17-33)25-6-5-7-26(34)15-25/h5-9,12,15,19-20,24,27,32,34H,10-11,13-14,16-18H2,1-4H3,(H2,31,36)/t20-,24+,27+,30+/m0/s1. The molecule has 2 aromatic carbocycles. The molecule has 1 fully saturated rings. The summed E-state index contributed by atoms with van der Waals surface area (Å²) in [4.78, 5) is 27.4. The molecule has 0 aromatic heterocycles. The van der Waals surface area contributed by atoms with Crippen LogP contribution in [0.1, 0.15) is 67.6 Å². The topological polar surface area (TPSA) is 95.7 Å². The Morgan fingerprint density at radius 1 is 1.19 bits per heavy atom. The largest absolute Gasteiger partial charge is 0.508 e. The lowest BCUT2D eigenvalue weighted by Gasteiger charge is -2.46. The molecule has 0 spiro atoms. The normalized spacial score (nSPS) is 25.4. The quantitative estimate of drug-likeness (QED) is 0.518. The Morgan fingerprint density at radius 2 is 1.97 bits per heavy atom. The van der Waals surface area contributed by atoms with Crippen LogP contribution in [0.15, 0.2) is 42.5 Å². The second-order valence-electron chi connectivity index (χ2n) is 11.5. The van der Waals surface area contributed by atoms with Crippen LogP contribution < -0.4 is 11.1 Å². The number of nitrogens with zero attached hydrogens (tertiary/aromatic N) is 1. The summed E-state index contributed by atoms with van der Waals surface area (Å²) in [6, 6.07) is 13.1. The Hall–Kier alpha value is -2.70. The van der Waals surface area contributed by atoms with E-state index in [0.717, 1.165) is 37.2 Å². The monoisotopic (exact) mass is 491 g/mol. The van der Waals surface area contributed by atoms with E-state index in [-0.39, 0.29) is 17.2 Å². The Labute approximate surface area is 215 Å². The molecular formula is C30H41N3O3. The van der Waals surface area contributed by atoms with E-state index in [9.17, 15) is 14.7 Å². The average molecular weight is 492 g/mol. The average Bonchev–Trinajstić information content (AvgIpc) is 2.85. The second-order valence-corrected chi connectivity index (χ2v) is 11.5. The summed E-state index contributed by atoms with van der Waals surface area (Å²) in [5, 5.41) is 13.4. The second kappa shape index (κ2) is 10.7. The van der Waals surface area contributed by atoms with Gasteiger partial charge in [0, 0.05) is 31.6 Å². The molecule has 6 nitrogen and oxygen atoms in total. The molecule has 6 heteroatoms. The summed E-state index contributed by atoms with van der Waals surface area (Å²) in [6.07, 6.45) is 2.25. The van der Waals surface area contributed by atoms with Crippen LogP contribution in [0.5, 0.6) is 5.75 Å². The Balaban J connectivity index is 1.36. The van der Waals surface area contributed by atoms with Crippen molar-refractivity contribution in [2.75, 3.05) is 19.6 Å². The molecule has 2 heterocycles. The molecule has 4 rings (SSSR count). The number of likely N-dealkylation sites (tertiary alicyclic amines) is 1. The number of nitrogens with one attached hydrogen (secondary N) is 1. The zero-order valence-electron chi connectivity index (χ0n) is 22.1. The Kier molecular flexibility index (Phi) is 7.86. The van der Waals surface area contributed by atoms with Gasteiger partial charge in [0.2, 0.25) is 5.91 Å². The van der Waals surface area contributed by atoms with Crippen molar-refractivity contribution in [3.8, 4) is 5.75 Å². The van der Waals surface area contributed by atoms with Crippen LogP contribution in [-0.4, -0.2) is 47.4 Å². The van der Waals surface area contributed by atoms with Crippen LogP contribution >= 0.6 is 0 Å². The maximum atomic E-state index is 13.3. The van der Waals surface area contributed by atoms with E-state index in [1.54, 1.807) is 12.1 Å². The van der Waals surface area contributed by atoms with E-state index in [4.69, 9.17) is 5.73 Å². The molecule has 36 heavy (non-hydrogen) atoms. The van der Waals surface area contributed by atoms with Crippen LogP contribution in [0.4, 0.5) is 0 Å². The van der Waals surface area contributed by atoms with Crippen LogP contribution in [-0.2, 0) is 23.2 Å². The third-order valence-electron chi connectivity index (χ3n) is 8.81. The molecule has 4 N–H and O–H groups in total. The number of phenols is 1. The van der Waals surface area contributed by atoms with Crippen LogP contribution in [0.2, 0.25) is 0 Å². The van der Waals surface area contributed by atoms with E-state index in [0.29, 0.717) is 48.5 Å². The molecule has 1 amide bonds. The number of amides is 1. The van der Waals surface area contributed by atoms with Crippen molar-refractivity contribution in [3.05, 3.63) is 64.7 Å². The number of hydrogen-bond donors (Lipinski definition) is 3. The van der Waals surface area contributed by atoms with Crippen molar-refractivity contribution in [3.63, 3.8) is 0 Å². The van der Waals surface area contributed by atoms with Crippen molar-refractivity contribution in [2.45, 2.75) is 65.0 Å². The van der Waals surface area contributed by atoms with Gasteiger partial charge in [0.25, 0.3) is 0 Å². The number of carbonyl (C=O) groups excluding carboxylic acids is 2. The maximum absolute atomic E-state index is 13.3. The minimum atomic E-state index is -0.426. The minimum Gasteiger partial charge on any atom is -0.508 e. The van der Waals surface area contributed by atoms with Gasteiger partial charge < -0.3 is 21.1 Å². The zero-order chi connectivity index (χ0) is 26.0. The fraction of sp³-hybridized carbons (Fsp3) is 0.533. The van der Waals surface area contributed by atoms with Gasteiger partial charge in [-0.25, -0.2) is 0 Å². The molecule has 0 aliphatic carbocycles. The predicted octanol–water partition coefficient (Wildman–Crippen LogP) is 4.04. The van der Waals surface area contributed by atoms with Crippen LogP contribution in [0.25, 0.3) is 0 Å². The Morgan fingerprint density at radius 3 is 2.64 bits per heavy atom. The summed E-state index contributed by atoms with van der Waals surface area (Å²) < 4.78 is 0. The van der Waals surface area contributed by atoms with Crippen molar-refractivity contribution in [2.24, 2.45) is 23.5 Å². The number of phenolic OH excluding ortho intramolecular Hbond substituents is 1. The number of fused-ring (bicyclic) bond motifs is 1. The summed E-state index contributed by atoms with van der Waals surface area (Å²) in [5.41, 5.74) is 9.33. The fourth-order valence-corrected chi connectivity index (χ4v) is 5.91. The number of ketones is 1. The summed E-state index contributed by atoms with van der Waals surface area (Å²) in [5.74, 6) is 1.33. The van der Waals surface area contributed by atoms with E-state index in [1.165, 1.54) is 5.56 Å². The van der Waals surface area contributed by atoms with Crippen molar-refractivity contribution >= 4 is 11.7 Å². The first-order valence-corrected chi connectivity index (χ1v) is 13.3. The van der Waals surface area contributed by atoms with Gasteiger partial charge >= 0.3 is 0 Å². The number of Topliss-reactive ketones (excluding diaryl/α,β-unsaturated/α-hetero) is 1. The molecule has 0 radical (unpaired) electrons. The van der Waals surface area contributed by atoms with Gasteiger partial charge in [0.1, 0.15) is 11.5 Å². The Bertz CT molecular complexity index is 1110. The van der Waals surface area contributed by atoms with Gasteiger partial charge in [0.15, 0.2) is 0 Å². The van der Waals surface area contributed by atoms with Gasteiger partial charge in [-0.1, -0.05) is 45.9 Å². The fourth-order valence-electron chi connectivity index (χ4n) is 5.91. The molecule has 4 atom stereocenters. The number of aromatic hydroxyl groups is 1. The lowest BCUT2D eigenvalue weighted by atomic mass is 9.68. The lowest BCUT2D eigenvalue weighted by Crippen LogP contribution is -2.49. The van der Waals surface area contributed by atoms with Crippen molar-refractivity contribution < 1.29 is 14.7 Å².